The molecule has 232 valence electrons. The molecule has 0 spiro atoms. The molecule has 1 aliphatic heterocycles. The zero-order valence-corrected chi connectivity index (χ0v) is 26.8. The van der Waals surface area contributed by atoms with Crippen LogP contribution in [0.5, 0.6) is 5.75 Å². The molecule has 2 heterocycles. The first-order valence-electron chi connectivity index (χ1n) is 16.9. The number of hydrogen-bond donors (Lipinski definition) is 0. The van der Waals surface area contributed by atoms with Gasteiger partial charge in [-0.1, -0.05) is 109 Å². The van der Waals surface area contributed by atoms with E-state index >= 15 is 0 Å². The van der Waals surface area contributed by atoms with Gasteiger partial charge in [-0.3, -0.25) is 0 Å². The fraction of sp³-hybridized carbons (Fsp3) is 0.0435. The highest BCUT2D eigenvalue weighted by Crippen LogP contribution is 2.45. The van der Waals surface area contributed by atoms with Crippen molar-refractivity contribution >= 4 is 49.6 Å². The Morgan fingerprint density at radius 3 is 1.86 bits per heavy atom. The van der Waals surface area contributed by atoms with E-state index < -0.39 is 0 Å². The van der Waals surface area contributed by atoms with E-state index in [2.05, 4.69) is 191 Å². The molecule has 1 aliphatic carbocycles. The number of ether oxygens (including phenoxy) is 1. The quantitative estimate of drug-likeness (QED) is 0.189. The Labute approximate surface area is 285 Å². The highest BCUT2D eigenvalue weighted by molar-refractivity contribution is 6.09. The summed E-state index contributed by atoms with van der Waals surface area (Å²) in [5.41, 5.74) is 10.4. The monoisotopic (exact) mass is 628 g/mol. The highest BCUT2D eigenvalue weighted by atomic mass is 16.5. The zero-order valence-electron chi connectivity index (χ0n) is 26.8. The van der Waals surface area contributed by atoms with E-state index in [-0.39, 0.29) is 12.0 Å². The third-order valence-corrected chi connectivity index (χ3v) is 10.1. The van der Waals surface area contributed by atoms with Crippen LogP contribution < -0.4 is 9.64 Å². The first-order chi connectivity index (χ1) is 24.3. The normalized spacial score (nSPS) is 16.2. The average Bonchev–Trinajstić information content (AvgIpc) is 3.71. The molecule has 49 heavy (non-hydrogen) atoms. The van der Waals surface area contributed by atoms with E-state index in [4.69, 9.17) is 4.74 Å². The molecule has 0 saturated carbocycles. The van der Waals surface area contributed by atoms with Gasteiger partial charge in [-0.25, -0.2) is 0 Å². The molecule has 0 radical (unpaired) electrons. The lowest BCUT2D eigenvalue weighted by Gasteiger charge is -2.26. The number of aromatic nitrogens is 1. The van der Waals surface area contributed by atoms with Crippen molar-refractivity contribution in [3.8, 4) is 22.6 Å². The number of rotatable bonds is 5. The van der Waals surface area contributed by atoms with Crippen LogP contribution in [-0.4, -0.2) is 10.7 Å². The van der Waals surface area contributed by atoms with Crippen LogP contribution in [0.25, 0.3) is 49.4 Å². The van der Waals surface area contributed by atoms with E-state index in [0.717, 1.165) is 28.5 Å². The van der Waals surface area contributed by atoms with Crippen LogP contribution in [0.15, 0.2) is 182 Å². The topological polar surface area (TPSA) is 17.4 Å². The molecule has 2 atom stereocenters. The van der Waals surface area contributed by atoms with Gasteiger partial charge in [0.15, 0.2) is 0 Å². The summed E-state index contributed by atoms with van der Waals surface area (Å²) in [6, 6.07) is 57.0. The second kappa shape index (κ2) is 11.1. The maximum atomic E-state index is 6.47. The van der Waals surface area contributed by atoms with Crippen LogP contribution in [0.1, 0.15) is 11.5 Å². The molecule has 0 amide bonds. The molecule has 0 fully saturated rings. The third kappa shape index (κ3) is 4.58. The molecular formula is C46H32N2O. The van der Waals surface area contributed by atoms with Gasteiger partial charge >= 0.3 is 0 Å². The molecule has 2 aliphatic rings. The minimum Gasteiger partial charge on any atom is -0.485 e. The van der Waals surface area contributed by atoms with E-state index in [0.29, 0.717) is 0 Å². The Bertz CT molecular complexity index is 2540. The lowest BCUT2D eigenvalue weighted by molar-refractivity contribution is 0.269. The van der Waals surface area contributed by atoms with Crippen molar-refractivity contribution in [2.45, 2.75) is 12.0 Å². The van der Waals surface area contributed by atoms with Gasteiger partial charge in [-0.15, -0.1) is 0 Å². The summed E-state index contributed by atoms with van der Waals surface area (Å²) in [4.78, 5) is 2.33. The van der Waals surface area contributed by atoms with Crippen molar-refractivity contribution < 1.29 is 4.74 Å². The molecule has 10 rings (SSSR count). The largest absolute Gasteiger partial charge is 0.485 e. The summed E-state index contributed by atoms with van der Waals surface area (Å²) in [5.74, 6) is 1.21. The minimum absolute atomic E-state index is 0.0513. The van der Waals surface area contributed by atoms with Crippen LogP contribution in [0.3, 0.4) is 0 Å². The molecule has 1 aromatic heterocycles. The second-order valence-corrected chi connectivity index (χ2v) is 12.9. The summed E-state index contributed by atoms with van der Waals surface area (Å²) in [6.07, 6.45) is 8.65. The van der Waals surface area contributed by atoms with E-state index in [1.54, 1.807) is 0 Å². The lowest BCUT2D eigenvalue weighted by Crippen LogP contribution is -2.15. The SMILES string of the molecule is C1=CC2Oc3cc(N(c4ccc(-c5ccc6ccccc6c5)cc4)c4ccc(-n5c6ccccc6c6ccccc65)cc4)ccc3C2C=C1. The third-order valence-electron chi connectivity index (χ3n) is 10.1. The number of allylic oxidation sites excluding steroid dienone is 2. The predicted molar refractivity (Wildman–Crippen MR) is 204 cm³/mol. The van der Waals surface area contributed by atoms with Crippen LogP contribution >= 0.6 is 0 Å². The minimum atomic E-state index is 0.0513. The molecule has 0 N–H and O–H groups in total. The Morgan fingerprint density at radius 2 is 1.10 bits per heavy atom. The number of fused-ring (bicyclic) bond motifs is 7. The Balaban J connectivity index is 1.07. The van der Waals surface area contributed by atoms with Crippen LogP contribution in [0.4, 0.5) is 17.1 Å². The summed E-state index contributed by atoms with van der Waals surface area (Å²) < 4.78 is 8.83. The number of para-hydroxylation sites is 2. The smallest absolute Gasteiger partial charge is 0.128 e. The number of benzene rings is 7. The summed E-state index contributed by atoms with van der Waals surface area (Å²) >= 11 is 0. The van der Waals surface area contributed by atoms with Crippen LogP contribution in [0, 0.1) is 0 Å². The van der Waals surface area contributed by atoms with Gasteiger partial charge in [0.05, 0.1) is 11.0 Å². The van der Waals surface area contributed by atoms with Crippen LogP contribution in [0.2, 0.25) is 0 Å². The van der Waals surface area contributed by atoms with Gasteiger partial charge in [-0.05, 0) is 88.6 Å². The molecule has 0 bridgehead atoms. The van der Waals surface area contributed by atoms with E-state index in [1.807, 2.05) is 0 Å². The van der Waals surface area contributed by atoms with Crippen molar-refractivity contribution in [1.82, 2.24) is 4.57 Å². The molecule has 7 aromatic carbocycles. The van der Waals surface area contributed by atoms with Gasteiger partial charge in [0.1, 0.15) is 11.9 Å². The summed E-state index contributed by atoms with van der Waals surface area (Å²) in [5, 5.41) is 5.03. The lowest BCUT2D eigenvalue weighted by atomic mass is 9.92. The molecular weight excluding hydrogens is 597 g/mol. The molecule has 0 saturated heterocycles. The highest BCUT2D eigenvalue weighted by Gasteiger charge is 2.32. The first-order valence-corrected chi connectivity index (χ1v) is 16.9. The second-order valence-electron chi connectivity index (χ2n) is 12.9. The van der Waals surface area contributed by atoms with Gasteiger partial charge < -0.3 is 14.2 Å². The van der Waals surface area contributed by atoms with Gasteiger partial charge in [-0.2, -0.15) is 0 Å². The standard InChI is InChI=1S/C46H32N2O/c1-2-10-33-29-34(18-17-31(33)9-1)32-19-21-35(22-20-32)47(38-27-28-42-41-13-5-8-16-45(41)49-46(42)30-38)36-23-25-37(26-24-36)48-43-14-6-3-11-39(43)40-12-4-7-15-44(40)48/h1-30,41,45H. The van der Waals surface area contributed by atoms with Gasteiger partial charge in [0.2, 0.25) is 0 Å². The van der Waals surface area contributed by atoms with Crippen LogP contribution in [-0.2, 0) is 0 Å². The molecule has 3 nitrogen and oxygen atoms in total. The molecule has 3 heteroatoms. The van der Waals surface area contributed by atoms with E-state index in [9.17, 15) is 0 Å². The fourth-order valence-electron chi connectivity index (χ4n) is 7.74. The van der Waals surface area contributed by atoms with Crippen molar-refractivity contribution in [3.05, 3.63) is 188 Å². The Morgan fingerprint density at radius 1 is 0.490 bits per heavy atom. The maximum Gasteiger partial charge on any atom is 0.128 e. The van der Waals surface area contributed by atoms with Crippen molar-refractivity contribution in [2.75, 3.05) is 4.90 Å². The first kappa shape index (κ1) is 27.8. The molecule has 2 unspecified atom stereocenters. The van der Waals surface area contributed by atoms with Gasteiger partial charge in [0.25, 0.3) is 0 Å². The summed E-state index contributed by atoms with van der Waals surface area (Å²) in [6.45, 7) is 0. The Kier molecular flexibility index (Phi) is 6.31. The zero-order chi connectivity index (χ0) is 32.3. The number of anilines is 3. The predicted octanol–water partition coefficient (Wildman–Crippen LogP) is 12.0. The average molecular weight is 629 g/mol. The fourth-order valence-corrected chi connectivity index (χ4v) is 7.74. The number of hydrogen-bond acceptors (Lipinski definition) is 2. The number of nitrogens with zero attached hydrogens (tertiary/aromatic N) is 2. The van der Waals surface area contributed by atoms with Crippen molar-refractivity contribution in [3.63, 3.8) is 0 Å². The van der Waals surface area contributed by atoms with Crippen molar-refractivity contribution in [1.29, 1.82) is 0 Å². The van der Waals surface area contributed by atoms with Crippen molar-refractivity contribution in [2.24, 2.45) is 0 Å². The molecule has 8 aromatic rings. The maximum absolute atomic E-state index is 6.47. The summed E-state index contributed by atoms with van der Waals surface area (Å²) in [7, 11) is 0. The van der Waals surface area contributed by atoms with Gasteiger partial charge in [0, 0.05) is 51.1 Å². The van der Waals surface area contributed by atoms with E-state index in [1.165, 1.54) is 49.3 Å². The Hall–Kier alpha value is -6.32.